The summed E-state index contributed by atoms with van der Waals surface area (Å²) in [4.78, 5) is 6.17. The van der Waals surface area contributed by atoms with Gasteiger partial charge in [-0.25, -0.2) is 8.42 Å². The molecule has 21 heavy (non-hydrogen) atoms. The van der Waals surface area contributed by atoms with Crippen LogP contribution in [-0.2, 0) is 9.84 Å². The van der Waals surface area contributed by atoms with Gasteiger partial charge in [0.15, 0.2) is 15.8 Å². The smallest absolute Gasteiger partial charge is 0.193 e. The standard InChI is InChI=1S/C13H25N3O3S.HI/c1-12(2)10-16(7-8-20(12,18)19)11(14-3)15-9-13(17)5-4-6-13;/h17H,4-10H2,1-3H3,(H,14,15);1H. The molecule has 0 bridgehead atoms. The molecule has 0 aromatic carbocycles. The first-order valence-corrected chi connectivity index (χ1v) is 8.75. The van der Waals surface area contributed by atoms with Crippen LogP contribution in [0.25, 0.3) is 0 Å². The first-order valence-electron chi connectivity index (χ1n) is 7.09. The average Bonchev–Trinajstić information content (AvgIpc) is 2.32. The Kier molecular flexibility index (Phi) is 5.93. The zero-order valence-corrected chi connectivity index (χ0v) is 16.1. The molecular formula is C13H26IN3O3S. The number of rotatable bonds is 2. The Morgan fingerprint density at radius 1 is 1.38 bits per heavy atom. The highest BCUT2D eigenvalue weighted by Crippen LogP contribution is 2.30. The molecule has 124 valence electrons. The van der Waals surface area contributed by atoms with Gasteiger partial charge < -0.3 is 15.3 Å². The minimum atomic E-state index is -3.05. The molecule has 0 amide bonds. The first kappa shape index (κ1) is 19.0. The van der Waals surface area contributed by atoms with Crippen molar-refractivity contribution in [3.8, 4) is 0 Å². The van der Waals surface area contributed by atoms with Crippen LogP contribution in [0.4, 0.5) is 0 Å². The number of halogens is 1. The summed E-state index contributed by atoms with van der Waals surface area (Å²) in [5, 5.41) is 13.3. The highest BCUT2D eigenvalue weighted by Gasteiger charge is 2.41. The lowest BCUT2D eigenvalue weighted by Gasteiger charge is -2.41. The third-order valence-electron chi connectivity index (χ3n) is 4.41. The first-order chi connectivity index (χ1) is 9.19. The highest BCUT2D eigenvalue weighted by atomic mass is 127. The number of hydrogen-bond donors (Lipinski definition) is 2. The number of hydrogen-bond acceptors (Lipinski definition) is 4. The van der Waals surface area contributed by atoms with Gasteiger partial charge in [-0.2, -0.15) is 0 Å². The summed E-state index contributed by atoms with van der Waals surface area (Å²) >= 11 is 0. The Labute approximate surface area is 144 Å². The van der Waals surface area contributed by atoms with Crippen molar-refractivity contribution < 1.29 is 13.5 Å². The van der Waals surface area contributed by atoms with E-state index >= 15 is 0 Å². The van der Waals surface area contributed by atoms with Crippen LogP contribution in [0.5, 0.6) is 0 Å². The van der Waals surface area contributed by atoms with E-state index in [-0.39, 0.29) is 29.7 Å². The number of sulfone groups is 1. The van der Waals surface area contributed by atoms with Crippen molar-refractivity contribution in [3.05, 3.63) is 0 Å². The van der Waals surface area contributed by atoms with Crippen molar-refractivity contribution in [2.24, 2.45) is 4.99 Å². The van der Waals surface area contributed by atoms with Crippen LogP contribution < -0.4 is 5.32 Å². The molecule has 2 N–H and O–H groups in total. The van der Waals surface area contributed by atoms with Crippen LogP contribution in [0, 0.1) is 0 Å². The normalized spacial score (nSPS) is 26.5. The van der Waals surface area contributed by atoms with Crippen LogP contribution in [0.1, 0.15) is 33.1 Å². The number of guanidine groups is 1. The zero-order chi connectivity index (χ0) is 15.0. The van der Waals surface area contributed by atoms with Gasteiger partial charge in [0.1, 0.15) is 0 Å². The largest absolute Gasteiger partial charge is 0.388 e. The van der Waals surface area contributed by atoms with E-state index in [4.69, 9.17) is 0 Å². The molecule has 0 atom stereocenters. The molecule has 1 saturated carbocycles. The lowest BCUT2D eigenvalue weighted by molar-refractivity contribution is -0.0283. The summed E-state index contributed by atoms with van der Waals surface area (Å²) in [6.45, 7) is 4.85. The van der Waals surface area contributed by atoms with Crippen molar-refractivity contribution in [1.29, 1.82) is 0 Å². The van der Waals surface area contributed by atoms with E-state index in [1.165, 1.54) is 0 Å². The fraction of sp³-hybridized carbons (Fsp3) is 0.923. The lowest BCUT2D eigenvalue weighted by Crippen LogP contribution is -2.59. The number of aliphatic hydroxyl groups is 1. The molecule has 0 radical (unpaired) electrons. The Morgan fingerprint density at radius 2 is 2.00 bits per heavy atom. The van der Waals surface area contributed by atoms with E-state index in [2.05, 4.69) is 10.3 Å². The molecule has 1 aliphatic heterocycles. The van der Waals surface area contributed by atoms with Gasteiger partial charge in [-0.1, -0.05) is 0 Å². The van der Waals surface area contributed by atoms with E-state index < -0.39 is 20.2 Å². The van der Waals surface area contributed by atoms with Gasteiger partial charge >= 0.3 is 0 Å². The predicted octanol–water partition coefficient (Wildman–Crippen LogP) is 0.604. The average molecular weight is 431 g/mol. The molecule has 0 spiro atoms. The lowest BCUT2D eigenvalue weighted by atomic mass is 9.80. The number of nitrogens with one attached hydrogen (secondary N) is 1. The monoisotopic (exact) mass is 431 g/mol. The van der Waals surface area contributed by atoms with Crippen LogP contribution >= 0.6 is 24.0 Å². The highest BCUT2D eigenvalue weighted by molar-refractivity contribution is 14.0. The van der Waals surface area contributed by atoms with E-state index in [0.29, 0.717) is 25.6 Å². The Bertz CT molecular complexity index is 501. The molecular weight excluding hydrogens is 405 g/mol. The van der Waals surface area contributed by atoms with Crippen molar-refractivity contribution in [2.75, 3.05) is 32.4 Å². The molecule has 1 heterocycles. The predicted molar refractivity (Wildman–Crippen MR) is 95.0 cm³/mol. The van der Waals surface area contributed by atoms with E-state index in [1.807, 2.05) is 4.90 Å². The fourth-order valence-corrected chi connectivity index (χ4v) is 4.03. The fourth-order valence-electron chi connectivity index (χ4n) is 2.66. The maximum atomic E-state index is 12.0. The maximum absolute atomic E-state index is 12.0. The summed E-state index contributed by atoms with van der Waals surface area (Å²) < 4.78 is 23.2. The SMILES string of the molecule is CN=C(NCC1(O)CCC1)N1CCS(=O)(=O)C(C)(C)C1.I. The van der Waals surface area contributed by atoms with Crippen molar-refractivity contribution >= 4 is 39.8 Å². The second-order valence-corrected chi connectivity index (χ2v) is 9.22. The van der Waals surface area contributed by atoms with Crippen LogP contribution in [0.15, 0.2) is 4.99 Å². The topological polar surface area (TPSA) is 82.0 Å². The zero-order valence-electron chi connectivity index (χ0n) is 12.9. The molecule has 1 saturated heterocycles. The van der Waals surface area contributed by atoms with E-state index in [9.17, 15) is 13.5 Å². The minimum absolute atomic E-state index is 0. The summed E-state index contributed by atoms with van der Waals surface area (Å²) in [6, 6.07) is 0. The van der Waals surface area contributed by atoms with Crippen LogP contribution in [-0.4, -0.2) is 67.2 Å². The van der Waals surface area contributed by atoms with Gasteiger partial charge in [0.25, 0.3) is 0 Å². The van der Waals surface area contributed by atoms with Crippen molar-refractivity contribution in [3.63, 3.8) is 0 Å². The number of aliphatic imine (C=N–C) groups is 1. The minimum Gasteiger partial charge on any atom is -0.388 e. The molecule has 2 fully saturated rings. The second-order valence-electron chi connectivity index (χ2n) is 6.48. The maximum Gasteiger partial charge on any atom is 0.193 e. The molecule has 1 aliphatic carbocycles. The third kappa shape index (κ3) is 4.01. The third-order valence-corrected chi connectivity index (χ3v) is 6.95. The molecule has 0 aromatic rings. The van der Waals surface area contributed by atoms with Gasteiger partial charge in [-0.05, 0) is 33.1 Å². The summed E-state index contributed by atoms with van der Waals surface area (Å²) in [7, 11) is -1.36. The second kappa shape index (κ2) is 6.57. The number of nitrogens with zero attached hydrogens (tertiary/aromatic N) is 2. The molecule has 2 aliphatic rings. The molecule has 0 aromatic heterocycles. The van der Waals surface area contributed by atoms with Gasteiger partial charge in [-0.3, -0.25) is 4.99 Å². The summed E-state index contributed by atoms with van der Waals surface area (Å²) in [5.74, 6) is 0.818. The van der Waals surface area contributed by atoms with Crippen LogP contribution in [0.3, 0.4) is 0 Å². The molecule has 8 heteroatoms. The molecule has 2 rings (SSSR count). The van der Waals surface area contributed by atoms with E-state index in [1.54, 1.807) is 20.9 Å². The van der Waals surface area contributed by atoms with Crippen molar-refractivity contribution in [2.45, 2.75) is 43.5 Å². The van der Waals surface area contributed by atoms with E-state index in [0.717, 1.165) is 19.3 Å². The van der Waals surface area contributed by atoms with Gasteiger partial charge in [-0.15, -0.1) is 24.0 Å². The Hall–Kier alpha value is -0.0900. The summed E-state index contributed by atoms with van der Waals surface area (Å²) in [6.07, 6.45) is 2.69. The molecule has 6 nitrogen and oxygen atoms in total. The Morgan fingerprint density at radius 3 is 2.43 bits per heavy atom. The Balaban J connectivity index is 0.00000220. The van der Waals surface area contributed by atoms with Gasteiger partial charge in [0.05, 0.1) is 16.1 Å². The quantitative estimate of drug-likeness (QED) is 0.380. The summed E-state index contributed by atoms with van der Waals surface area (Å²) in [5.41, 5.74) is -0.618. The van der Waals surface area contributed by atoms with Gasteiger partial charge in [0.2, 0.25) is 0 Å². The van der Waals surface area contributed by atoms with Crippen molar-refractivity contribution in [1.82, 2.24) is 10.2 Å². The van der Waals surface area contributed by atoms with Gasteiger partial charge in [0, 0.05) is 26.7 Å². The van der Waals surface area contributed by atoms with Crippen LogP contribution in [0.2, 0.25) is 0 Å². The molecule has 0 unspecified atom stereocenters.